The first-order valence-electron chi connectivity index (χ1n) is 17.6. The molecule has 1 saturated carbocycles. The van der Waals surface area contributed by atoms with Gasteiger partial charge in [-0.3, -0.25) is 4.79 Å². The Bertz CT molecular complexity index is 1780. The number of ether oxygens (including phenoxy) is 1. The number of carbonyl (C=O) groups is 1. The molecule has 1 spiro atoms. The number of rotatable bonds is 2. The molecule has 0 radical (unpaired) electrons. The van der Waals surface area contributed by atoms with Crippen molar-refractivity contribution in [2.24, 2.45) is 17.8 Å². The number of nitrogens with zero attached hydrogens (tertiary/aromatic N) is 1. The van der Waals surface area contributed by atoms with Gasteiger partial charge in [0.1, 0.15) is 5.75 Å². The van der Waals surface area contributed by atoms with Crippen molar-refractivity contribution < 1.29 is 23.1 Å². The van der Waals surface area contributed by atoms with Gasteiger partial charge in [-0.25, -0.2) is 13.1 Å². The van der Waals surface area contributed by atoms with Gasteiger partial charge in [0.2, 0.25) is 10.0 Å². The van der Waals surface area contributed by atoms with Crippen molar-refractivity contribution in [3.05, 3.63) is 94.0 Å². The topological polar surface area (TPSA) is 95.9 Å². The monoisotopic (exact) mass is 690 g/mol. The molecule has 2 aliphatic heterocycles. The van der Waals surface area contributed by atoms with E-state index in [1.54, 1.807) is 19.1 Å². The SMILES string of the molecule is C[C@@H]1[C@@H](C)CCC[C@@](O)(Cc2ccccc2)[C@@H]2CC[C@H]2CN2C[C@@]3(CCCc4cc(Cl)ccc43)COc3ccc(cc32)C(=O)NS1(=O)=O. The summed E-state index contributed by atoms with van der Waals surface area (Å²) >= 11 is 6.45. The molecule has 9 heteroatoms. The molecule has 4 aliphatic rings. The Morgan fingerprint density at radius 3 is 2.58 bits per heavy atom. The molecule has 2 heterocycles. The van der Waals surface area contributed by atoms with Crippen LogP contribution in [0.25, 0.3) is 0 Å². The van der Waals surface area contributed by atoms with E-state index in [2.05, 4.69) is 33.9 Å². The quantitative estimate of drug-likeness (QED) is 0.299. The Labute approximate surface area is 290 Å². The minimum absolute atomic E-state index is 0.0922. The molecule has 7 rings (SSSR count). The minimum atomic E-state index is -3.94. The molecule has 6 atom stereocenters. The van der Waals surface area contributed by atoms with Crippen LogP contribution in [-0.2, 0) is 28.3 Å². The highest BCUT2D eigenvalue weighted by atomic mass is 35.5. The van der Waals surface area contributed by atoms with Crippen LogP contribution in [0.15, 0.2) is 66.7 Å². The first-order chi connectivity index (χ1) is 23.0. The molecular formula is C39H47ClN2O5S. The summed E-state index contributed by atoms with van der Waals surface area (Å²) in [5.41, 5.74) is 3.51. The summed E-state index contributed by atoms with van der Waals surface area (Å²) in [4.78, 5) is 15.9. The molecular weight excluding hydrogens is 644 g/mol. The number of anilines is 1. The first kappa shape index (κ1) is 33.4. The first-order valence-corrected chi connectivity index (χ1v) is 19.5. The summed E-state index contributed by atoms with van der Waals surface area (Å²) < 4.78 is 35.9. The molecule has 7 nitrogen and oxygen atoms in total. The van der Waals surface area contributed by atoms with Crippen molar-refractivity contribution in [2.45, 2.75) is 87.9 Å². The fourth-order valence-electron chi connectivity index (χ4n) is 8.94. The van der Waals surface area contributed by atoms with E-state index in [4.69, 9.17) is 16.3 Å². The van der Waals surface area contributed by atoms with Crippen molar-refractivity contribution in [1.29, 1.82) is 0 Å². The van der Waals surface area contributed by atoms with Gasteiger partial charge in [-0.05, 0) is 117 Å². The average molecular weight is 691 g/mol. The number of benzene rings is 3. The van der Waals surface area contributed by atoms with Crippen molar-refractivity contribution in [1.82, 2.24) is 4.72 Å². The normalized spacial score (nSPS) is 31.8. The summed E-state index contributed by atoms with van der Waals surface area (Å²) in [6.07, 6.45) is 7.40. The maximum Gasteiger partial charge on any atom is 0.264 e. The Morgan fingerprint density at radius 2 is 1.81 bits per heavy atom. The lowest BCUT2D eigenvalue weighted by Gasteiger charge is -2.50. The molecule has 1 amide bonds. The molecule has 2 bridgehead atoms. The zero-order valence-electron chi connectivity index (χ0n) is 28.0. The van der Waals surface area contributed by atoms with Crippen LogP contribution < -0.4 is 14.4 Å². The van der Waals surface area contributed by atoms with Crippen molar-refractivity contribution in [3.63, 3.8) is 0 Å². The van der Waals surface area contributed by atoms with Crippen LogP contribution in [0.1, 0.15) is 85.8 Å². The van der Waals surface area contributed by atoms with Gasteiger partial charge in [-0.1, -0.05) is 61.3 Å². The summed E-state index contributed by atoms with van der Waals surface area (Å²) in [5, 5.41) is 12.6. The average Bonchev–Trinajstić information content (AvgIpc) is 3.19. The van der Waals surface area contributed by atoms with Gasteiger partial charge in [0, 0.05) is 35.5 Å². The van der Waals surface area contributed by atoms with Crippen LogP contribution in [0.3, 0.4) is 0 Å². The summed E-state index contributed by atoms with van der Waals surface area (Å²) in [5.74, 6) is 0.207. The highest BCUT2D eigenvalue weighted by Crippen LogP contribution is 2.49. The van der Waals surface area contributed by atoms with E-state index in [0.29, 0.717) is 51.1 Å². The Kier molecular flexibility index (Phi) is 9.05. The van der Waals surface area contributed by atoms with Gasteiger partial charge >= 0.3 is 0 Å². The third-order valence-electron chi connectivity index (χ3n) is 12.0. The molecule has 0 unspecified atom stereocenters. The second kappa shape index (κ2) is 13.0. The van der Waals surface area contributed by atoms with Crippen LogP contribution in [0.5, 0.6) is 5.75 Å². The van der Waals surface area contributed by atoms with Crippen LogP contribution in [0, 0.1) is 17.8 Å². The molecule has 2 aliphatic carbocycles. The molecule has 0 saturated heterocycles. The minimum Gasteiger partial charge on any atom is -0.490 e. The number of amides is 1. The lowest BCUT2D eigenvalue weighted by atomic mass is 9.61. The predicted octanol–water partition coefficient (Wildman–Crippen LogP) is 7.08. The third-order valence-corrected chi connectivity index (χ3v) is 14.2. The highest BCUT2D eigenvalue weighted by molar-refractivity contribution is 7.90. The standard InChI is InChI=1S/C39H47ClN2O5S/c1-26-8-6-19-39(44,22-28-9-4-3-5-10-28)34-15-12-31(34)23-42-24-38(18-7-11-29-20-32(40)14-16-33(29)38)25-47-36-17-13-30(21-35(36)42)37(43)41-48(45,46)27(26)2/h3-5,9-10,13-14,16-17,20-21,26-27,31,34,44H,6-8,11-12,15,18-19,22-25H2,1-2H3,(H,41,43)/t26-,27+,31-,34+,38-,39+/m0/s1. The Morgan fingerprint density at radius 1 is 1.00 bits per heavy atom. The van der Waals surface area contributed by atoms with Crippen molar-refractivity contribution in [3.8, 4) is 5.75 Å². The van der Waals surface area contributed by atoms with Crippen molar-refractivity contribution >= 4 is 33.2 Å². The number of halogens is 1. The molecule has 0 aromatic heterocycles. The number of hydrogen-bond donors (Lipinski definition) is 2. The molecule has 3 aromatic rings. The molecule has 256 valence electrons. The summed E-state index contributed by atoms with van der Waals surface area (Å²) in [7, 11) is -3.94. The maximum absolute atomic E-state index is 13.5. The van der Waals surface area contributed by atoms with Gasteiger partial charge in [-0.2, -0.15) is 0 Å². The lowest BCUT2D eigenvalue weighted by Crippen LogP contribution is -2.54. The van der Waals surface area contributed by atoms with Gasteiger partial charge in [0.05, 0.1) is 23.1 Å². The van der Waals surface area contributed by atoms with Crippen molar-refractivity contribution in [2.75, 3.05) is 24.6 Å². The number of sulfonamides is 1. The number of aryl methyl sites for hydroxylation is 1. The maximum atomic E-state index is 13.5. The third kappa shape index (κ3) is 6.36. The summed E-state index contributed by atoms with van der Waals surface area (Å²) in [6, 6.07) is 21.7. The number of nitrogens with one attached hydrogen (secondary N) is 1. The second-order valence-electron chi connectivity index (χ2n) is 15.0. The number of aliphatic hydroxyl groups is 1. The van der Waals surface area contributed by atoms with Crippen LogP contribution >= 0.6 is 11.6 Å². The van der Waals surface area contributed by atoms with E-state index in [-0.39, 0.29) is 28.7 Å². The van der Waals surface area contributed by atoms with Gasteiger partial charge < -0.3 is 14.7 Å². The van der Waals surface area contributed by atoms with E-state index in [1.165, 1.54) is 11.1 Å². The van der Waals surface area contributed by atoms with E-state index in [1.807, 2.05) is 37.3 Å². The fourth-order valence-corrected chi connectivity index (χ4v) is 10.4. The predicted molar refractivity (Wildman–Crippen MR) is 190 cm³/mol. The fraction of sp³-hybridized carbons (Fsp3) is 0.513. The van der Waals surface area contributed by atoms with Gasteiger partial charge in [-0.15, -0.1) is 0 Å². The van der Waals surface area contributed by atoms with Gasteiger partial charge in [0.25, 0.3) is 5.91 Å². The Balaban J connectivity index is 1.31. The van der Waals surface area contributed by atoms with Crippen LogP contribution in [0.2, 0.25) is 5.02 Å². The zero-order valence-corrected chi connectivity index (χ0v) is 29.5. The van der Waals surface area contributed by atoms with E-state index >= 15 is 0 Å². The zero-order chi connectivity index (χ0) is 33.7. The number of carbonyl (C=O) groups excluding carboxylic acids is 1. The van der Waals surface area contributed by atoms with E-state index in [0.717, 1.165) is 48.4 Å². The molecule has 1 fully saturated rings. The highest BCUT2D eigenvalue weighted by Gasteiger charge is 2.49. The smallest absolute Gasteiger partial charge is 0.264 e. The van der Waals surface area contributed by atoms with E-state index in [9.17, 15) is 18.3 Å². The molecule has 2 N–H and O–H groups in total. The number of hydrogen-bond acceptors (Lipinski definition) is 6. The Hall–Kier alpha value is -3.07. The van der Waals surface area contributed by atoms with Crippen LogP contribution in [-0.4, -0.2) is 50.0 Å². The molecule has 3 aromatic carbocycles. The largest absolute Gasteiger partial charge is 0.490 e. The summed E-state index contributed by atoms with van der Waals surface area (Å²) in [6.45, 7) is 5.48. The lowest BCUT2D eigenvalue weighted by molar-refractivity contribution is -0.0881. The number of fused-ring (bicyclic) bond motifs is 4. The van der Waals surface area contributed by atoms with E-state index < -0.39 is 26.8 Å². The second-order valence-corrected chi connectivity index (χ2v) is 17.5. The van der Waals surface area contributed by atoms with Gasteiger partial charge in [0.15, 0.2) is 0 Å². The van der Waals surface area contributed by atoms with Crippen LogP contribution in [0.4, 0.5) is 5.69 Å². The molecule has 48 heavy (non-hydrogen) atoms.